The summed E-state index contributed by atoms with van der Waals surface area (Å²) in [4.78, 5) is 19.1. The van der Waals surface area contributed by atoms with Crippen LogP contribution in [0.3, 0.4) is 0 Å². The van der Waals surface area contributed by atoms with Gasteiger partial charge in [0.25, 0.3) is 0 Å². The summed E-state index contributed by atoms with van der Waals surface area (Å²) in [5.74, 6) is 2.36. The molecule has 2 fully saturated rings. The molecule has 1 saturated heterocycles. The highest BCUT2D eigenvalue weighted by Gasteiger charge is 2.34. The van der Waals surface area contributed by atoms with Crippen molar-refractivity contribution in [2.75, 3.05) is 13.1 Å². The topological polar surface area (TPSA) is 77.1 Å². The van der Waals surface area contributed by atoms with Gasteiger partial charge in [0.2, 0.25) is 11.8 Å². The van der Waals surface area contributed by atoms with Gasteiger partial charge in [-0.15, -0.1) is 0 Å². The third-order valence-electron chi connectivity index (χ3n) is 5.28. The second-order valence-corrected chi connectivity index (χ2v) is 7.04. The molecule has 2 aromatic rings. The van der Waals surface area contributed by atoms with E-state index < -0.39 is 0 Å². The third kappa shape index (κ3) is 2.72. The SMILES string of the molecule is Cc1nn(C)c(C)c1CC(=O)N1CC[C@@H](c2nc(C3CC3)no2)C1. The number of likely N-dealkylation sites (tertiary alicyclic amines) is 1. The number of hydrogen-bond donors (Lipinski definition) is 0. The van der Waals surface area contributed by atoms with Crippen molar-refractivity contribution in [3.05, 3.63) is 28.7 Å². The highest BCUT2D eigenvalue weighted by molar-refractivity contribution is 5.79. The van der Waals surface area contributed by atoms with Crippen LogP contribution in [0.1, 0.15) is 59.8 Å². The minimum Gasteiger partial charge on any atom is -0.342 e. The van der Waals surface area contributed by atoms with Crippen LogP contribution in [0.4, 0.5) is 0 Å². The average molecular weight is 329 g/mol. The molecule has 1 atom stereocenters. The molecule has 1 amide bonds. The lowest BCUT2D eigenvalue weighted by Gasteiger charge is -2.16. The number of carbonyl (C=O) groups is 1. The highest BCUT2D eigenvalue weighted by atomic mass is 16.5. The molecule has 128 valence electrons. The fourth-order valence-electron chi connectivity index (χ4n) is 3.45. The molecule has 0 N–H and O–H groups in total. The van der Waals surface area contributed by atoms with Gasteiger partial charge in [0.15, 0.2) is 5.82 Å². The maximum atomic E-state index is 12.7. The number of amides is 1. The van der Waals surface area contributed by atoms with Crippen molar-refractivity contribution >= 4 is 5.91 Å². The van der Waals surface area contributed by atoms with Gasteiger partial charge in [-0.3, -0.25) is 9.48 Å². The summed E-state index contributed by atoms with van der Waals surface area (Å²) in [7, 11) is 1.91. The van der Waals surface area contributed by atoms with E-state index >= 15 is 0 Å². The van der Waals surface area contributed by atoms with E-state index in [1.165, 1.54) is 0 Å². The number of carbonyl (C=O) groups excluding carboxylic acids is 1. The molecule has 0 aromatic carbocycles. The zero-order valence-corrected chi connectivity index (χ0v) is 14.4. The Morgan fingerprint density at radius 1 is 1.25 bits per heavy atom. The summed E-state index contributed by atoms with van der Waals surface area (Å²) in [5.41, 5.74) is 3.03. The molecule has 0 radical (unpaired) electrons. The first-order valence-corrected chi connectivity index (χ1v) is 8.63. The summed E-state index contributed by atoms with van der Waals surface area (Å²) >= 11 is 0. The maximum absolute atomic E-state index is 12.7. The van der Waals surface area contributed by atoms with Crippen molar-refractivity contribution in [1.29, 1.82) is 0 Å². The molecule has 0 spiro atoms. The van der Waals surface area contributed by atoms with Gasteiger partial charge in [-0.25, -0.2) is 0 Å². The molecular weight excluding hydrogens is 306 g/mol. The molecule has 1 saturated carbocycles. The summed E-state index contributed by atoms with van der Waals surface area (Å²) in [6.07, 6.45) is 3.63. The van der Waals surface area contributed by atoms with E-state index in [0.717, 1.165) is 48.6 Å². The Bertz CT molecular complexity index is 774. The van der Waals surface area contributed by atoms with Crippen LogP contribution in [0.15, 0.2) is 4.52 Å². The fraction of sp³-hybridized carbons (Fsp3) is 0.647. The first-order valence-electron chi connectivity index (χ1n) is 8.63. The van der Waals surface area contributed by atoms with E-state index in [9.17, 15) is 4.79 Å². The summed E-state index contributed by atoms with van der Waals surface area (Å²) in [6.45, 7) is 5.39. The molecule has 0 bridgehead atoms. The van der Waals surface area contributed by atoms with Crippen LogP contribution >= 0.6 is 0 Å². The number of rotatable bonds is 4. The van der Waals surface area contributed by atoms with Gasteiger partial charge >= 0.3 is 0 Å². The zero-order chi connectivity index (χ0) is 16.8. The van der Waals surface area contributed by atoms with Crippen LogP contribution in [0.2, 0.25) is 0 Å². The van der Waals surface area contributed by atoms with Crippen molar-refractivity contribution in [2.24, 2.45) is 7.05 Å². The first-order chi connectivity index (χ1) is 11.5. The molecule has 4 rings (SSSR count). The van der Waals surface area contributed by atoms with Gasteiger partial charge < -0.3 is 9.42 Å². The number of nitrogens with zero attached hydrogens (tertiary/aromatic N) is 5. The van der Waals surface area contributed by atoms with Crippen LogP contribution in [0, 0.1) is 13.8 Å². The second kappa shape index (κ2) is 5.72. The Morgan fingerprint density at radius 2 is 2.04 bits per heavy atom. The van der Waals surface area contributed by atoms with Gasteiger partial charge in [-0.1, -0.05) is 5.16 Å². The predicted octanol–water partition coefficient (Wildman–Crippen LogP) is 1.86. The van der Waals surface area contributed by atoms with Gasteiger partial charge in [0.1, 0.15) is 0 Å². The van der Waals surface area contributed by atoms with Crippen molar-refractivity contribution in [1.82, 2.24) is 24.8 Å². The number of hydrogen-bond acceptors (Lipinski definition) is 5. The smallest absolute Gasteiger partial charge is 0.231 e. The first kappa shape index (κ1) is 15.4. The van der Waals surface area contributed by atoms with E-state index in [0.29, 0.717) is 24.8 Å². The summed E-state index contributed by atoms with van der Waals surface area (Å²) in [5, 5.41) is 8.48. The van der Waals surface area contributed by atoms with E-state index in [1.54, 1.807) is 0 Å². The largest absolute Gasteiger partial charge is 0.342 e. The van der Waals surface area contributed by atoms with E-state index in [1.807, 2.05) is 30.5 Å². The zero-order valence-electron chi connectivity index (χ0n) is 14.4. The molecule has 24 heavy (non-hydrogen) atoms. The molecule has 7 nitrogen and oxygen atoms in total. The van der Waals surface area contributed by atoms with Crippen LogP contribution in [0.25, 0.3) is 0 Å². The summed E-state index contributed by atoms with van der Waals surface area (Å²) in [6, 6.07) is 0. The molecule has 1 aliphatic carbocycles. The maximum Gasteiger partial charge on any atom is 0.231 e. The predicted molar refractivity (Wildman–Crippen MR) is 86.6 cm³/mol. The van der Waals surface area contributed by atoms with Crippen LogP contribution < -0.4 is 0 Å². The highest BCUT2D eigenvalue weighted by Crippen LogP contribution is 2.39. The van der Waals surface area contributed by atoms with Gasteiger partial charge in [-0.05, 0) is 33.1 Å². The molecule has 3 heterocycles. The van der Waals surface area contributed by atoms with Crippen molar-refractivity contribution < 1.29 is 9.32 Å². The minimum absolute atomic E-state index is 0.152. The van der Waals surface area contributed by atoms with E-state index in [-0.39, 0.29) is 11.8 Å². The van der Waals surface area contributed by atoms with Crippen molar-refractivity contribution in [3.8, 4) is 0 Å². The molecule has 2 aliphatic rings. The molecular formula is C17H23N5O2. The molecule has 1 aliphatic heterocycles. The Morgan fingerprint density at radius 3 is 2.71 bits per heavy atom. The minimum atomic E-state index is 0.152. The van der Waals surface area contributed by atoms with E-state index in [2.05, 4.69) is 15.2 Å². The quantitative estimate of drug-likeness (QED) is 0.855. The fourth-order valence-corrected chi connectivity index (χ4v) is 3.45. The Labute approximate surface area is 141 Å². The Kier molecular flexibility index (Phi) is 3.66. The molecule has 7 heteroatoms. The lowest BCUT2D eigenvalue weighted by molar-refractivity contribution is -0.129. The third-order valence-corrected chi connectivity index (χ3v) is 5.28. The van der Waals surface area contributed by atoms with Crippen LogP contribution in [-0.4, -0.2) is 43.8 Å². The van der Waals surface area contributed by atoms with Gasteiger partial charge in [-0.2, -0.15) is 10.1 Å². The standard InChI is InChI=1S/C17H23N5O2/c1-10-14(11(2)21(3)19-10)8-15(23)22-7-6-13(9-22)17-18-16(20-24-17)12-4-5-12/h12-13H,4-9H2,1-3H3/t13-/m1/s1. The Balaban J connectivity index is 1.41. The normalized spacial score (nSPS) is 20.8. The lowest BCUT2D eigenvalue weighted by Crippen LogP contribution is -2.30. The van der Waals surface area contributed by atoms with Crippen molar-refractivity contribution in [2.45, 2.75) is 51.4 Å². The van der Waals surface area contributed by atoms with Crippen LogP contribution in [0.5, 0.6) is 0 Å². The lowest BCUT2D eigenvalue weighted by atomic mass is 10.1. The Hall–Kier alpha value is -2.18. The average Bonchev–Trinajstić information content (AvgIpc) is 3.01. The summed E-state index contributed by atoms with van der Waals surface area (Å²) < 4.78 is 7.26. The van der Waals surface area contributed by atoms with Crippen LogP contribution in [-0.2, 0) is 18.3 Å². The second-order valence-electron chi connectivity index (χ2n) is 7.04. The molecule has 2 aromatic heterocycles. The number of aromatic nitrogens is 4. The van der Waals surface area contributed by atoms with Crippen molar-refractivity contribution in [3.63, 3.8) is 0 Å². The van der Waals surface area contributed by atoms with E-state index in [4.69, 9.17) is 4.52 Å². The van der Waals surface area contributed by atoms with Gasteiger partial charge in [0.05, 0.1) is 18.0 Å². The van der Waals surface area contributed by atoms with Gasteiger partial charge in [0, 0.05) is 37.3 Å². The monoisotopic (exact) mass is 329 g/mol. The number of aryl methyl sites for hydroxylation is 2. The molecule has 0 unspecified atom stereocenters.